The summed E-state index contributed by atoms with van der Waals surface area (Å²) in [5, 5.41) is 13.4. The van der Waals surface area contributed by atoms with Crippen LogP contribution in [0.3, 0.4) is 0 Å². The van der Waals surface area contributed by atoms with Gasteiger partial charge in [-0.1, -0.05) is 30.3 Å². The van der Waals surface area contributed by atoms with E-state index in [-0.39, 0.29) is 12.0 Å². The van der Waals surface area contributed by atoms with E-state index in [4.69, 9.17) is 0 Å². The van der Waals surface area contributed by atoms with Gasteiger partial charge in [0, 0.05) is 68.7 Å². The maximum atomic E-state index is 11.6. The van der Waals surface area contributed by atoms with Crippen molar-refractivity contribution in [3.8, 4) is 0 Å². The Hall–Kier alpha value is -2.35. The molecule has 3 heterocycles. The number of hydrogen-bond donors (Lipinski definition) is 2. The van der Waals surface area contributed by atoms with Crippen molar-refractivity contribution in [2.24, 2.45) is 0 Å². The molecule has 1 aromatic carbocycles. The van der Waals surface area contributed by atoms with Gasteiger partial charge in [-0.15, -0.1) is 0 Å². The van der Waals surface area contributed by atoms with Crippen molar-refractivity contribution in [1.29, 1.82) is 0 Å². The highest BCUT2D eigenvalue weighted by molar-refractivity contribution is 5.69. The number of rotatable bonds is 8. The zero-order valence-electron chi connectivity index (χ0n) is 17.9. The van der Waals surface area contributed by atoms with Gasteiger partial charge < -0.3 is 10.4 Å². The van der Waals surface area contributed by atoms with Crippen LogP contribution in [0, 0.1) is 0 Å². The number of piperidine rings is 1. The molecule has 3 aliphatic rings. The molecule has 0 bridgehead atoms. The molecular weight excluding hydrogens is 390 g/mol. The van der Waals surface area contributed by atoms with E-state index in [1.165, 1.54) is 18.3 Å². The number of likely N-dealkylation sites (tertiary alicyclic amines) is 2. The van der Waals surface area contributed by atoms with Crippen molar-refractivity contribution in [3.63, 3.8) is 0 Å². The molecule has 2 saturated heterocycles. The van der Waals surface area contributed by atoms with Crippen LogP contribution >= 0.6 is 0 Å². The van der Waals surface area contributed by atoms with Crippen LogP contribution in [0.5, 0.6) is 0 Å². The van der Waals surface area contributed by atoms with Gasteiger partial charge in [0.15, 0.2) is 0 Å². The Balaban J connectivity index is 1.13. The average molecular weight is 422 g/mol. The summed E-state index contributed by atoms with van der Waals surface area (Å²) in [5.74, 6) is -0.0497. The van der Waals surface area contributed by atoms with E-state index in [1.54, 1.807) is 0 Å². The summed E-state index contributed by atoms with van der Waals surface area (Å²) in [6.45, 7) is 4.31. The predicted octanol–water partition coefficient (Wildman–Crippen LogP) is 2.12. The summed E-state index contributed by atoms with van der Waals surface area (Å²) in [4.78, 5) is 24.5. The largest absolute Gasteiger partial charge is 0.481 e. The molecule has 1 saturated carbocycles. The third kappa shape index (κ3) is 4.63. The molecule has 7 nitrogen and oxygen atoms in total. The van der Waals surface area contributed by atoms with E-state index in [1.807, 2.05) is 12.4 Å². The number of aliphatic carboxylic acids is 1. The van der Waals surface area contributed by atoms with Crippen LogP contribution in [0.2, 0.25) is 0 Å². The standard InChI is InChI=1S/C24H31N5O2/c30-23(31)11-24(15-28(16-24)14-18-12-25-17-26-13-18)29-8-6-20(7-9-29)27-22-10-21(22)19-4-2-1-3-5-19/h1-5,12-13,17,20-22,27H,6-11,14-16H2,(H,30,31)/t21-,22-/m1/s1. The number of benzene rings is 1. The van der Waals surface area contributed by atoms with Crippen molar-refractivity contribution in [2.75, 3.05) is 26.2 Å². The number of nitrogens with one attached hydrogen (secondary N) is 1. The fourth-order valence-electron chi connectivity index (χ4n) is 5.54. The number of nitrogens with zero attached hydrogens (tertiary/aromatic N) is 4. The van der Waals surface area contributed by atoms with Crippen molar-refractivity contribution < 1.29 is 9.90 Å². The molecule has 1 aliphatic carbocycles. The predicted molar refractivity (Wildman–Crippen MR) is 118 cm³/mol. The quantitative estimate of drug-likeness (QED) is 0.676. The third-order valence-corrected chi connectivity index (χ3v) is 7.17. The first-order valence-electron chi connectivity index (χ1n) is 11.4. The minimum atomic E-state index is -0.702. The molecule has 5 rings (SSSR count). The second kappa shape index (κ2) is 8.65. The average Bonchev–Trinajstić information content (AvgIpc) is 3.53. The van der Waals surface area contributed by atoms with Crippen molar-refractivity contribution >= 4 is 5.97 Å². The van der Waals surface area contributed by atoms with Crippen LogP contribution in [0.25, 0.3) is 0 Å². The third-order valence-electron chi connectivity index (χ3n) is 7.17. The summed E-state index contributed by atoms with van der Waals surface area (Å²) < 4.78 is 0. The summed E-state index contributed by atoms with van der Waals surface area (Å²) in [5.41, 5.74) is 2.28. The lowest BCUT2D eigenvalue weighted by Gasteiger charge is -2.57. The molecule has 1 aromatic heterocycles. The first-order valence-corrected chi connectivity index (χ1v) is 11.4. The molecule has 31 heavy (non-hydrogen) atoms. The lowest BCUT2D eigenvalue weighted by atomic mass is 9.82. The van der Waals surface area contributed by atoms with Gasteiger partial charge in [0.2, 0.25) is 0 Å². The Morgan fingerprint density at radius 3 is 2.52 bits per heavy atom. The molecule has 3 fully saturated rings. The molecule has 2 aromatic rings. The van der Waals surface area contributed by atoms with Gasteiger partial charge in [0.05, 0.1) is 12.0 Å². The molecule has 0 spiro atoms. The summed E-state index contributed by atoms with van der Waals surface area (Å²) in [6, 6.07) is 11.9. The Morgan fingerprint density at radius 1 is 1.13 bits per heavy atom. The van der Waals surface area contributed by atoms with Gasteiger partial charge in [-0.05, 0) is 24.8 Å². The lowest BCUT2D eigenvalue weighted by molar-refractivity contribution is -0.147. The number of aromatic nitrogens is 2. The van der Waals surface area contributed by atoms with E-state index in [0.717, 1.165) is 51.1 Å². The molecule has 0 amide bonds. The second-order valence-electron chi connectivity index (χ2n) is 9.47. The molecule has 0 radical (unpaired) electrons. The zero-order chi connectivity index (χ0) is 21.3. The Labute approximate surface area is 183 Å². The van der Waals surface area contributed by atoms with E-state index < -0.39 is 5.97 Å². The smallest absolute Gasteiger partial charge is 0.305 e. The molecule has 0 unspecified atom stereocenters. The highest BCUT2D eigenvalue weighted by atomic mass is 16.4. The Kier molecular flexibility index (Phi) is 5.73. The highest BCUT2D eigenvalue weighted by Gasteiger charge is 2.50. The number of carboxylic acid groups (broad SMARTS) is 1. The van der Waals surface area contributed by atoms with Crippen molar-refractivity contribution in [2.45, 2.75) is 55.8 Å². The fourth-order valence-corrected chi connectivity index (χ4v) is 5.54. The number of hydrogen-bond acceptors (Lipinski definition) is 6. The lowest BCUT2D eigenvalue weighted by Crippen LogP contribution is -2.71. The van der Waals surface area contributed by atoms with Crippen LogP contribution in [-0.2, 0) is 11.3 Å². The molecule has 2 N–H and O–H groups in total. The Morgan fingerprint density at radius 2 is 1.84 bits per heavy atom. The van der Waals surface area contributed by atoms with E-state index in [9.17, 15) is 9.90 Å². The van der Waals surface area contributed by atoms with Crippen LogP contribution in [-0.4, -0.2) is 74.6 Å². The minimum absolute atomic E-state index is 0.214. The van der Waals surface area contributed by atoms with Gasteiger partial charge in [-0.2, -0.15) is 0 Å². The van der Waals surface area contributed by atoms with Crippen LogP contribution in [0.15, 0.2) is 49.1 Å². The van der Waals surface area contributed by atoms with Gasteiger partial charge >= 0.3 is 5.97 Å². The first kappa shape index (κ1) is 20.5. The zero-order valence-corrected chi connectivity index (χ0v) is 17.9. The topological polar surface area (TPSA) is 81.6 Å². The van der Waals surface area contributed by atoms with Crippen LogP contribution < -0.4 is 5.32 Å². The maximum Gasteiger partial charge on any atom is 0.305 e. The van der Waals surface area contributed by atoms with Crippen LogP contribution in [0.1, 0.15) is 42.7 Å². The maximum absolute atomic E-state index is 11.6. The van der Waals surface area contributed by atoms with Crippen LogP contribution in [0.4, 0.5) is 0 Å². The van der Waals surface area contributed by atoms with E-state index in [2.05, 4.69) is 55.4 Å². The number of carbonyl (C=O) groups is 1. The van der Waals surface area contributed by atoms with Crippen molar-refractivity contribution in [1.82, 2.24) is 25.1 Å². The van der Waals surface area contributed by atoms with Gasteiger partial charge in [0.25, 0.3) is 0 Å². The molecule has 2 aliphatic heterocycles. The van der Waals surface area contributed by atoms with Gasteiger partial charge in [-0.25, -0.2) is 9.97 Å². The molecular formula is C24H31N5O2. The summed E-state index contributed by atoms with van der Waals surface area (Å²) in [7, 11) is 0. The van der Waals surface area contributed by atoms with Crippen molar-refractivity contribution in [3.05, 3.63) is 60.2 Å². The molecule has 7 heteroatoms. The minimum Gasteiger partial charge on any atom is -0.481 e. The molecule has 2 atom stereocenters. The highest BCUT2D eigenvalue weighted by Crippen LogP contribution is 2.42. The number of carboxylic acids is 1. The first-order chi connectivity index (χ1) is 15.1. The second-order valence-corrected chi connectivity index (χ2v) is 9.47. The van der Waals surface area contributed by atoms with Gasteiger partial charge in [-0.3, -0.25) is 14.6 Å². The van der Waals surface area contributed by atoms with E-state index in [0.29, 0.717) is 18.0 Å². The summed E-state index contributed by atoms with van der Waals surface area (Å²) in [6.07, 6.45) is 8.83. The van der Waals surface area contributed by atoms with Gasteiger partial charge in [0.1, 0.15) is 6.33 Å². The normalized spacial score (nSPS) is 26.3. The fraction of sp³-hybridized carbons (Fsp3) is 0.542. The molecule has 164 valence electrons. The monoisotopic (exact) mass is 421 g/mol. The SMILES string of the molecule is O=C(O)CC1(N2CCC(N[C@@H]3C[C@@H]3c3ccccc3)CC2)CN(Cc2cncnc2)C1. The summed E-state index contributed by atoms with van der Waals surface area (Å²) >= 11 is 0. The Bertz CT molecular complexity index is 879. The van der Waals surface area contributed by atoms with E-state index >= 15 is 0 Å².